The van der Waals surface area contributed by atoms with Crippen molar-refractivity contribution in [2.75, 3.05) is 7.11 Å². The molecule has 0 saturated heterocycles. The van der Waals surface area contributed by atoms with Gasteiger partial charge in [0.1, 0.15) is 12.1 Å². The maximum absolute atomic E-state index is 11.4. The normalized spacial score (nSPS) is 9.86. The topological polar surface area (TPSA) is 72.1 Å². The number of ketones is 1. The molecule has 0 saturated carbocycles. The monoisotopic (exact) mass is 196 g/mol. The number of carbonyl (C=O) groups excluding carboxylic acids is 2. The van der Waals surface area contributed by atoms with E-state index < -0.39 is 5.97 Å². The molecule has 0 aliphatic carbocycles. The van der Waals surface area contributed by atoms with Gasteiger partial charge in [0.05, 0.1) is 7.11 Å². The van der Waals surface area contributed by atoms with Gasteiger partial charge in [0.15, 0.2) is 5.78 Å². The van der Waals surface area contributed by atoms with Gasteiger partial charge in [-0.3, -0.25) is 14.7 Å². The summed E-state index contributed by atoms with van der Waals surface area (Å²) < 4.78 is 4.38. The molecule has 0 spiro atoms. The van der Waals surface area contributed by atoms with Crippen molar-refractivity contribution in [1.29, 1.82) is 0 Å². The van der Waals surface area contributed by atoms with Crippen molar-refractivity contribution in [2.24, 2.45) is 0 Å². The number of Topliss-reactive ketones (excluding diaryl/α,β-unsaturated/α-hetero) is 1. The summed E-state index contributed by atoms with van der Waals surface area (Å²) >= 11 is 0. The van der Waals surface area contributed by atoms with Crippen LogP contribution in [-0.4, -0.2) is 29.1 Å². The summed E-state index contributed by atoms with van der Waals surface area (Å²) in [6, 6.07) is 1.64. The number of hydrogen-bond donors (Lipinski definition) is 1. The Kier molecular flexibility index (Phi) is 3.39. The quantitative estimate of drug-likeness (QED) is 0.437. The molecule has 76 valence electrons. The van der Waals surface area contributed by atoms with Crippen LogP contribution in [0, 0.1) is 0 Å². The maximum atomic E-state index is 11.4. The Morgan fingerprint density at radius 3 is 2.79 bits per heavy atom. The molecule has 1 heterocycles. The van der Waals surface area contributed by atoms with Crippen molar-refractivity contribution in [3.8, 4) is 0 Å². The van der Waals surface area contributed by atoms with Gasteiger partial charge in [-0.25, -0.2) is 0 Å². The van der Waals surface area contributed by atoms with E-state index in [2.05, 4.69) is 14.9 Å². The Hall–Kier alpha value is -1.65. The predicted octanol–water partition coefficient (Wildman–Crippen LogP) is 0.718. The van der Waals surface area contributed by atoms with E-state index in [0.29, 0.717) is 0 Å². The fraction of sp³-hybridized carbons (Fsp3) is 0.444. The molecule has 0 aliphatic heterocycles. The maximum Gasteiger partial charge on any atom is 0.313 e. The van der Waals surface area contributed by atoms with Crippen LogP contribution >= 0.6 is 0 Å². The highest BCUT2D eigenvalue weighted by Gasteiger charge is 2.14. The molecule has 0 bridgehead atoms. The van der Waals surface area contributed by atoms with E-state index in [1.165, 1.54) is 7.11 Å². The van der Waals surface area contributed by atoms with Gasteiger partial charge in [-0.1, -0.05) is 6.92 Å². The summed E-state index contributed by atoms with van der Waals surface area (Å²) in [5.41, 5.74) is 1.16. The first-order valence-corrected chi connectivity index (χ1v) is 4.31. The molecule has 1 aromatic rings. The minimum Gasteiger partial charge on any atom is -0.469 e. The third-order valence-electron chi connectivity index (χ3n) is 1.83. The number of nitrogens with zero attached hydrogens (tertiary/aromatic N) is 1. The van der Waals surface area contributed by atoms with Crippen molar-refractivity contribution in [2.45, 2.75) is 19.8 Å². The molecule has 5 heteroatoms. The summed E-state index contributed by atoms with van der Waals surface area (Å²) in [5, 5.41) is 6.50. The van der Waals surface area contributed by atoms with Crippen molar-refractivity contribution in [3.05, 3.63) is 17.5 Å². The molecule has 0 amide bonds. The van der Waals surface area contributed by atoms with Crippen LogP contribution in [0.3, 0.4) is 0 Å². The predicted molar refractivity (Wildman–Crippen MR) is 48.9 cm³/mol. The first-order chi connectivity index (χ1) is 6.67. The zero-order chi connectivity index (χ0) is 10.6. The number of hydrogen-bond acceptors (Lipinski definition) is 4. The van der Waals surface area contributed by atoms with Gasteiger partial charge in [0.2, 0.25) is 0 Å². The fourth-order valence-electron chi connectivity index (χ4n) is 0.979. The molecule has 0 aliphatic rings. The lowest BCUT2D eigenvalue weighted by molar-refractivity contribution is -0.139. The van der Waals surface area contributed by atoms with Crippen molar-refractivity contribution in [1.82, 2.24) is 10.2 Å². The number of aromatic nitrogens is 2. The average Bonchev–Trinajstić information content (AvgIpc) is 2.65. The minimum atomic E-state index is -0.545. The molecule has 1 N–H and O–H groups in total. The number of H-pyrrole nitrogens is 1. The highest BCUT2D eigenvalue weighted by Crippen LogP contribution is 2.04. The van der Waals surface area contributed by atoms with E-state index in [0.717, 1.165) is 12.1 Å². The Balaban J connectivity index is 2.65. The van der Waals surface area contributed by atoms with Crippen molar-refractivity contribution >= 4 is 11.8 Å². The summed E-state index contributed by atoms with van der Waals surface area (Å²) in [6.07, 6.45) is 0.517. The van der Waals surface area contributed by atoms with Crippen LogP contribution < -0.4 is 0 Å². The number of aryl methyl sites for hydroxylation is 1. The van der Waals surface area contributed by atoms with Crippen LogP contribution in [0.4, 0.5) is 0 Å². The van der Waals surface area contributed by atoms with Gasteiger partial charge in [-0.2, -0.15) is 5.10 Å². The molecular weight excluding hydrogens is 184 g/mol. The third-order valence-corrected chi connectivity index (χ3v) is 1.83. The van der Waals surface area contributed by atoms with E-state index in [1.807, 2.05) is 6.92 Å². The fourth-order valence-corrected chi connectivity index (χ4v) is 0.979. The summed E-state index contributed by atoms with van der Waals surface area (Å²) in [7, 11) is 1.25. The zero-order valence-corrected chi connectivity index (χ0v) is 8.16. The first-order valence-electron chi connectivity index (χ1n) is 4.31. The SMILES string of the molecule is CCc1cc(C(=O)CC(=O)OC)n[nH]1. The van der Waals surface area contributed by atoms with Crippen LogP contribution in [0.5, 0.6) is 0 Å². The molecular formula is C9H12N2O3. The summed E-state index contributed by atoms with van der Waals surface area (Å²) in [6.45, 7) is 1.95. The number of ether oxygens (including phenoxy) is 1. The second kappa shape index (κ2) is 4.55. The van der Waals surface area contributed by atoms with Gasteiger partial charge in [-0.15, -0.1) is 0 Å². The second-order valence-electron chi connectivity index (χ2n) is 2.81. The van der Waals surface area contributed by atoms with E-state index in [4.69, 9.17) is 0 Å². The summed E-state index contributed by atoms with van der Waals surface area (Å²) in [4.78, 5) is 22.2. The molecule has 0 aromatic carbocycles. The zero-order valence-electron chi connectivity index (χ0n) is 8.16. The number of methoxy groups -OCH3 is 1. The highest BCUT2D eigenvalue weighted by molar-refractivity contribution is 6.04. The lowest BCUT2D eigenvalue weighted by atomic mass is 10.2. The molecule has 0 atom stereocenters. The van der Waals surface area contributed by atoms with E-state index in [-0.39, 0.29) is 17.9 Å². The number of rotatable bonds is 4. The minimum absolute atomic E-state index is 0.259. The molecule has 1 aromatic heterocycles. The number of carbonyl (C=O) groups is 2. The number of esters is 1. The molecule has 0 fully saturated rings. The lowest BCUT2D eigenvalue weighted by Crippen LogP contribution is -2.09. The van der Waals surface area contributed by atoms with E-state index in [9.17, 15) is 9.59 Å². The number of aromatic amines is 1. The third kappa shape index (κ3) is 2.42. The highest BCUT2D eigenvalue weighted by atomic mass is 16.5. The standard InChI is InChI=1S/C9H12N2O3/c1-3-6-4-7(11-10-6)8(12)5-9(13)14-2/h4H,3,5H2,1-2H3,(H,10,11). The Labute approximate surface area is 81.5 Å². The first kappa shape index (κ1) is 10.4. The Morgan fingerprint density at radius 1 is 1.57 bits per heavy atom. The van der Waals surface area contributed by atoms with Gasteiger partial charge < -0.3 is 4.74 Å². The van der Waals surface area contributed by atoms with Crippen molar-refractivity contribution < 1.29 is 14.3 Å². The second-order valence-corrected chi connectivity index (χ2v) is 2.81. The van der Waals surface area contributed by atoms with Crippen LogP contribution in [0.2, 0.25) is 0 Å². The Morgan fingerprint density at radius 2 is 2.29 bits per heavy atom. The van der Waals surface area contributed by atoms with Gasteiger partial charge in [0.25, 0.3) is 0 Å². The average molecular weight is 196 g/mol. The summed E-state index contributed by atoms with van der Waals surface area (Å²) in [5.74, 6) is -0.871. The largest absolute Gasteiger partial charge is 0.469 e. The molecule has 0 radical (unpaired) electrons. The smallest absolute Gasteiger partial charge is 0.313 e. The van der Waals surface area contributed by atoms with Gasteiger partial charge in [-0.05, 0) is 12.5 Å². The van der Waals surface area contributed by atoms with Gasteiger partial charge >= 0.3 is 5.97 Å². The molecule has 14 heavy (non-hydrogen) atoms. The molecule has 5 nitrogen and oxygen atoms in total. The Bertz CT molecular complexity index is 344. The van der Waals surface area contributed by atoms with E-state index in [1.54, 1.807) is 6.07 Å². The van der Waals surface area contributed by atoms with Crippen LogP contribution in [0.15, 0.2) is 6.07 Å². The van der Waals surface area contributed by atoms with Crippen LogP contribution in [-0.2, 0) is 16.0 Å². The van der Waals surface area contributed by atoms with Crippen molar-refractivity contribution in [3.63, 3.8) is 0 Å². The van der Waals surface area contributed by atoms with E-state index >= 15 is 0 Å². The lowest BCUT2D eigenvalue weighted by Gasteiger charge is -1.94. The van der Waals surface area contributed by atoms with Gasteiger partial charge in [0, 0.05) is 5.69 Å². The van der Waals surface area contributed by atoms with Crippen LogP contribution in [0.25, 0.3) is 0 Å². The number of nitrogens with one attached hydrogen (secondary N) is 1. The molecule has 1 rings (SSSR count). The molecule has 0 unspecified atom stereocenters. The van der Waals surface area contributed by atoms with Crippen LogP contribution in [0.1, 0.15) is 29.5 Å².